The molecular weight excluding hydrogens is 378 g/mol. The topological polar surface area (TPSA) is 81.7 Å². The molecule has 130 valence electrons. The van der Waals surface area contributed by atoms with Gasteiger partial charge in [0.1, 0.15) is 12.6 Å². The minimum Gasteiger partial charge on any atom is -0.466 e. The van der Waals surface area contributed by atoms with Crippen molar-refractivity contribution in [3.05, 3.63) is 47.5 Å². The molecular formula is C17H20BrNO5. The largest absolute Gasteiger partial charge is 0.466 e. The van der Waals surface area contributed by atoms with Crippen molar-refractivity contribution in [1.29, 1.82) is 0 Å². The van der Waals surface area contributed by atoms with Gasteiger partial charge >= 0.3 is 11.9 Å². The number of carbonyl (C=O) groups excluding carboxylic acids is 3. The number of nitrogens with one attached hydrogen (secondary N) is 1. The van der Waals surface area contributed by atoms with Gasteiger partial charge in [0, 0.05) is 18.7 Å². The Kier molecular flexibility index (Phi) is 9.45. The lowest BCUT2D eigenvalue weighted by Crippen LogP contribution is -2.36. The highest BCUT2D eigenvalue weighted by Gasteiger charge is 2.17. The number of hydrogen-bond acceptors (Lipinski definition) is 5. The third-order valence-corrected chi connectivity index (χ3v) is 3.75. The van der Waals surface area contributed by atoms with E-state index in [0.717, 1.165) is 11.1 Å². The maximum absolute atomic E-state index is 12.2. The third kappa shape index (κ3) is 7.92. The summed E-state index contributed by atoms with van der Waals surface area (Å²) in [4.78, 5) is 33.7. The molecule has 0 bridgehead atoms. The lowest BCUT2D eigenvalue weighted by molar-refractivity contribution is -0.147. The second-order valence-electron chi connectivity index (χ2n) is 4.90. The van der Waals surface area contributed by atoms with Crippen LogP contribution in [-0.2, 0) is 30.5 Å². The molecule has 0 aliphatic heterocycles. The first-order valence-electron chi connectivity index (χ1n) is 7.36. The number of ether oxygens (including phenoxy) is 2. The first-order chi connectivity index (χ1) is 11.6. The Morgan fingerprint density at radius 2 is 1.96 bits per heavy atom. The van der Waals surface area contributed by atoms with Crippen LogP contribution < -0.4 is 5.32 Å². The minimum absolute atomic E-state index is 0.127. The van der Waals surface area contributed by atoms with Crippen molar-refractivity contribution in [1.82, 2.24) is 5.32 Å². The van der Waals surface area contributed by atoms with Gasteiger partial charge in [0.05, 0.1) is 6.61 Å². The standard InChI is InChI=1S/C17H20BrNO5/c1-13(21)23-8-7-15(10-18)9-16(19-12-20)17(22)24-11-14-5-3-2-4-6-14/h2-6,9,12,16H,7-8,10-11H2,1H3,(H,19,20)/b15-9-. The third-order valence-electron chi connectivity index (χ3n) is 3.03. The van der Waals surface area contributed by atoms with Crippen molar-refractivity contribution >= 4 is 34.3 Å². The molecule has 7 heteroatoms. The van der Waals surface area contributed by atoms with Gasteiger partial charge in [-0.3, -0.25) is 9.59 Å². The van der Waals surface area contributed by atoms with Gasteiger partial charge in [-0.05, 0) is 5.56 Å². The zero-order valence-electron chi connectivity index (χ0n) is 13.4. The van der Waals surface area contributed by atoms with E-state index in [1.807, 2.05) is 30.3 Å². The minimum atomic E-state index is -0.893. The molecule has 1 amide bonds. The maximum atomic E-state index is 12.2. The summed E-state index contributed by atoms with van der Waals surface area (Å²) in [5, 5.41) is 2.91. The molecule has 24 heavy (non-hydrogen) atoms. The Morgan fingerprint density at radius 1 is 1.25 bits per heavy atom. The van der Waals surface area contributed by atoms with E-state index in [2.05, 4.69) is 21.2 Å². The SMILES string of the molecule is CC(=O)OCC/C(=C/C(NC=O)C(=O)OCc1ccccc1)CBr. The van der Waals surface area contributed by atoms with E-state index >= 15 is 0 Å². The predicted octanol–water partition coefficient (Wildman–Crippen LogP) is 2.12. The molecule has 0 fully saturated rings. The molecule has 1 unspecified atom stereocenters. The van der Waals surface area contributed by atoms with E-state index in [1.54, 1.807) is 6.08 Å². The number of rotatable bonds is 10. The fourth-order valence-corrected chi connectivity index (χ4v) is 2.30. The molecule has 0 aliphatic carbocycles. The van der Waals surface area contributed by atoms with Gasteiger partial charge in [-0.25, -0.2) is 4.79 Å². The Balaban J connectivity index is 2.64. The lowest BCUT2D eigenvalue weighted by atomic mass is 10.1. The van der Waals surface area contributed by atoms with E-state index in [1.165, 1.54) is 6.92 Å². The molecule has 0 saturated carbocycles. The van der Waals surface area contributed by atoms with Crippen LogP contribution in [0.4, 0.5) is 0 Å². The first-order valence-corrected chi connectivity index (χ1v) is 8.48. The van der Waals surface area contributed by atoms with Crippen molar-refractivity contribution < 1.29 is 23.9 Å². The lowest BCUT2D eigenvalue weighted by Gasteiger charge is -2.14. The van der Waals surface area contributed by atoms with Crippen LogP contribution in [-0.4, -0.2) is 36.3 Å². The van der Waals surface area contributed by atoms with Crippen LogP contribution in [0.5, 0.6) is 0 Å². The molecule has 0 heterocycles. The number of esters is 2. The van der Waals surface area contributed by atoms with Crippen LogP contribution in [0.1, 0.15) is 18.9 Å². The van der Waals surface area contributed by atoms with Gasteiger partial charge < -0.3 is 14.8 Å². The average molecular weight is 398 g/mol. The number of hydrogen-bond donors (Lipinski definition) is 1. The molecule has 0 radical (unpaired) electrons. The quantitative estimate of drug-likeness (QED) is 0.283. The van der Waals surface area contributed by atoms with Gasteiger partial charge in [0.15, 0.2) is 0 Å². The summed E-state index contributed by atoms with van der Waals surface area (Å²) in [5.41, 5.74) is 1.67. The molecule has 1 atom stereocenters. The molecule has 1 rings (SSSR count). The van der Waals surface area contributed by atoms with Gasteiger partial charge in [0.25, 0.3) is 0 Å². The van der Waals surface area contributed by atoms with E-state index in [-0.39, 0.29) is 19.2 Å². The second kappa shape index (κ2) is 11.4. The van der Waals surface area contributed by atoms with E-state index in [9.17, 15) is 14.4 Å². The van der Waals surface area contributed by atoms with E-state index < -0.39 is 12.0 Å². The van der Waals surface area contributed by atoms with Crippen molar-refractivity contribution in [2.24, 2.45) is 0 Å². The predicted molar refractivity (Wildman–Crippen MR) is 92.4 cm³/mol. The van der Waals surface area contributed by atoms with Gasteiger partial charge in [-0.15, -0.1) is 0 Å². The van der Waals surface area contributed by atoms with Crippen molar-refractivity contribution in [2.75, 3.05) is 11.9 Å². The van der Waals surface area contributed by atoms with Crippen LogP contribution in [0.2, 0.25) is 0 Å². The summed E-state index contributed by atoms with van der Waals surface area (Å²) in [6.45, 7) is 1.66. The average Bonchev–Trinajstić information content (AvgIpc) is 2.58. The highest BCUT2D eigenvalue weighted by Crippen LogP contribution is 2.09. The van der Waals surface area contributed by atoms with Crippen LogP contribution in [0.3, 0.4) is 0 Å². The second-order valence-corrected chi connectivity index (χ2v) is 5.46. The summed E-state index contributed by atoms with van der Waals surface area (Å²) < 4.78 is 10.1. The van der Waals surface area contributed by atoms with E-state index in [4.69, 9.17) is 9.47 Å². The summed E-state index contributed by atoms with van der Waals surface area (Å²) in [5.74, 6) is -0.925. The Hall–Kier alpha value is -2.15. The monoisotopic (exact) mass is 397 g/mol. The molecule has 0 saturated heterocycles. The summed E-state index contributed by atoms with van der Waals surface area (Å²) in [7, 11) is 0. The highest BCUT2D eigenvalue weighted by molar-refractivity contribution is 9.09. The number of amides is 1. The summed E-state index contributed by atoms with van der Waals surface area (Å²) in [6, 6.07) is 8.36. The fraction of sp³-hybridized carbons (Fsp3) is 0.353. The Labute approximate surface area is 149 Å². The van der Waals surface area contributed by atoms with E-state index in [0.29, 0.717) is 18.2 Å². The number of alkyl halides is 1. The van der Waals surface area contributed by atoms with Crippen LogP contribution in [0.25, 0.3) is 0 Å². The van der Waals surface area contributed by atoms with Crippen LogP contribution in [0.15, 0.2) is 42.0 Å². The molecule has 1 aromatic rings. The van der Waals surface area contributed by atoms with Gasteiger partial charge in [-0.2, -0.15) is 0 Å². The smallest absolute Gasteiger partial charge is 0.333 e. The van der Waals surface area contributed by atoms with Crippen LogP contribution >= 0.6 is 15.9 Å². The molecule has 0 aromatic heterocycles. The van der Waals surface area contributed by atoms with Crippen molar-refractivity contribution in [3.63, 3.8) is 0 Å². The Bertz CT molecular complexity index is 574. The van der Waals surface area contributed by atoms with Crippen molar-refractivity contribution in [2.45, 2.75) is 26.0 Å². The number of benzene rings is 1. The maximum Gasteiger partial charge on any atom is 0.333 e. The van der Waals surface area contributed by atoms with Gasteiger partial charge in [0.2, 0.25) is 6.41 Å². The number of carbonyl (C=O) groups is 3. The fourth-order valence-electron chi connectivity index (χ4n) is 1.83. The number of halogens is 1. The van der Waals surface area contributed by atoms with Crippen molar-refractivity contribution in [3.8, 4) is 0 Å². The van der Waals surface area contributed by atoms with Gasteiger partial charge in [-0.1, -0.05) is 57.9 Å². The highest BCUT2D eigenvalue weighted by atomic mass is 79.9. The van der Waals surface area contributed by atoms with Crippen LogP contribution in [0, 0.1) is 0 Å². The molecule has 6 nitrogen and oxygen atoms in total. The molecule has 0 aliphatic rings. The molecule has 0 spiro atoms. The normalized spacial score (nSPS) is 12.2. The molecule has 1 N–H and O–H groups in total. The summed E-state index contributed by atoms with van der Waals surface area (Å²) in [6.07, 6.45) is 2.50. The summed E-state index contributed by atoms with van der Waals surface area (Å²) >= 11 is 3.31. The molecule has 1 aromatic carbocycles. The zero-order chi connectivity index (χ0) is 17.8. The first kappa shape index (κ1) is 19.9. The Morgan fingerprint density at radius 3 is 2.54 bits per heavy atom. The zero-order valence-corrected chi connectivity index (χ0v) is 15.0.